The number of fused-ring (bicyclic) bond motifs is 1. The zero-order chi connectivity index (χ0) is 18.8. The van der Waals surface area contributed by atoms with Crippen LogP contribution in [0.2, 0.25) is 0 Å². The Kier molecular flexibility index (Phi) is 4.38. The van der Waals surface area contributed by atoms with E-state index in [4.69, 9.17) is 10.2 Å². The molecule has 4 rings (SSSR count). The molecule has 1 aromatic carbocycles. The van der Waals surface area contributed by atoms with E-state index in [1.807, 2.05) is 16.8 Å². The number of aryl methyl sites for hydroxylation is 1. The van der Waals surface area contributed by atoms with E-state index >= 15 is 0 Å². The van der Waals surface area contributed by atoms with Crippen molar-refractivity contribution in [3.05, 3.63) is 66.1 Å². The first-order chi connectivity index (χ1) is 13.2. The maximum Gasteiger partial charge on any atom is 0.213 e. The molecule has 0 saturated carbocycles. The lowest BCUT2D eigenvalue weighted by atomic mass is 10.2. The number of rotatable bonds is 5. The number of halogens is 1. The van der Waals surface area contributed by atoms with Gasteiger partial charge in [-0.25, -0.2) is 15.0 Å². The molecule has 0 unspecified atom stereocenters. The molecule has 0 aliphatic carbocycles. The molecule has 4 aromatic rings. The molecule has 0 radical (unpaired) electrons. The van der Waals surface area contributed by atoms with Gasteiger partial charge in [0.2, 0.25) is 5.95 Å². The minimum atomic E-state index is -0.538. The molecule has 0 amide bonds. The molecular weight excluding hydrogens is 345 g/mol. The predicted octanol–water partition coefficient (Wildman–Crippen LogP) is 3.76. The molecule has 0 bridgehead atoms. The van der Waals surface area contributed by atoms with Gasteiger partial charge in [-0.15, -0.1) is 0 Å². The van der Waals surface area contributed by atoms with Gasteiger partial charge in [-0.1, -0.05) is 13.0 Å². The van der Waals surface area contributed by atoms with Gasteiger partial charge in [-0.3, -0.25) is 0 Å². The molecule has 0 saturated heterocycles. The topological polar surface area (TPSA) is 72.3 Å². The SMILES string of the molecule is CCCn1c2ccc(C#N)cc2n[14c]1Cn1ccnc1-c1cccc(F)n1. The Bertz CT molecular complexity index is 1150. The number of imidazole rings is 2. The van der Waals surface area contributed by atoms with E-state index in [1.165, 1.54) is 6.07 Å². The van der Waals surface area contributed by atoms with Crippen LogP contribution >= 0.6 is 0 Å². The van der Waals surface area contributed by atoms with Crippen LogP contribution in [-0.2, 0) is 13.1 Å². The highest BCUT2D eigenvalue weighted by atomic mass is 19.1. The van der Waals surface area contributed by atoms with E-state index in [0.29, 0.717) is 23.6 Å². The summed E-state index contributed by atoms with van der Waals surface area (Å²) in [5.74, 6) is 0.907. The van der Waals surface area contributed by atoms with Gasteiger partial charge in [0.15, 0.2) is 5.82 Å². The molecule has 0 N–H and O–H groups in total. The Labute approximate surface area is 155 Å². The van der Waals surface area contributed by atoms with Gasteiger partial charge in [0.25, 0.3) is 0 Å². The quantitative estimate of drug-likeness (QED) is 0.507. The lowest BCUT2D eigenvalue weighted by Gasteiger charge is -2.10. The van der Waals surface area contributed by atoms with Crippen LogP contribution in [0.3, 0.4) is 0 Å². The van der Waals surface area contributed by atoms with Crippen molar-refractivity contribution < 1.29 is 4.39 Å². The predicted molar refractivity (Wildman–Crippen MR) is 99.3 cm³/mol. The summed E-state index contributed by atoms with van der Waals surface area (Å²) < 4.78 is 17.6. The number of nitrogens with zero attached hydrogens (tertiary/aromatic N) is 6. The average Bonchev–Trinajstić information content (AvgIpc) is 3.27. The second-order valence-corrected chi connectivity index (χ2v) is 6.22. The van der Waals surface area contributed by atoms with Crippen LogP contribution in [0.15, 0.2) is 48.8 Å². The number of benzene rings is 1. The fraction of sp³-hybridized carbons (Fsp3) is 0.200. The van der Waals surface area contributed by atoms with Crippen molar-refractivity contribution in [3.63, 3.8) is 0 Å². The van der Waals surface area contributed by atoms with E-state index in [1.54, 1.807) is 30.5 Å². The van der Waals surface area contributed by atoms with Gasteiger partial charge in [0.1, 0.15) is 11.5 Å². The number of aromatic nitrogens is 5. The summed E-state index contributed by atoms with van der Waals surface area (Å²) in [6, 6.07) is 12.4. The Morgan fingerprint density at radius 1 is 1.26 bits per heavy atom. The van der Waals surface area contributed by atoms with Gasteiger partial charge in [0.05, 0.1) is 29.2 Å². The summed E-state index contributed by atoms with van der Waals surface area (Å²) in [6.07, 6.45) is 4.46. The van der Waals surface area contributed by atoms with Crippen molar-refractivity contribution >= 4 is 11.0 Å². The molecule has 0 aliphatic heterocycles. The Morgan fingerprint density at radius 2 is 2.15 bits per heavy atom. The van der Waals surface area contributed by atoms with Crippen molar-refractivity contribution in [3.8, 4) is 17.6 Å². The minimum absolute atomic E-state index is 0.476. The lowest BCUT2D eigenvalue weighted by Crippen LogP contribution is -2.10. The summed E-state index contributed by atoms with van der Waals surface area (Å²) in [6.45, 7) is 3.41. The van der Waals surface area contributed by atoms with Crippen LogP contribution < -0.4 is 0 Å². The first kappa shape index (κ1) is 16.9. The van der Waals surface area contributed by atoms with Crippen molar-refractivity contribution in [1.82, 2.24) is 24.1 Å². The lowest BCUT2D eigenvalue weighted by molar-refractivity contribution is 0.583. The van der Waals surface area contributed by atoms with Gasteiger partial charge in [-0.05, 0) is 36.8 Å². The first-order valence-electron chi connectivity index (χ1n) is 8.73. The first-order valence-corrected chi connectivity index (χ1v) is 8.73. The molecule has 0 aliphatic rings. The second kappa shape index (κ2) is 7.00. The van der Waals surface area contributed by atoms with E-state index in [2.05, 4.69) is 27.5 Å². The number of pyridine rings is 1. The summed E-state index contributed by atoms with van der Waals surface area (Å²) in [7, 11) is 0. The fourth-order valence-electron chi connectivity index (χ4n) is 3.20. The minimum Gasteiger partial charge on any atom is -0.326 e. The molecule has 3 heterocycles. The summed E-state index contributed by atoms with van der Waals surface area (Å²) in [5.41, 5.74) is 2.85. The van der Waals surface area contributed by atoms with Crippen molar-refractivity contribution in [1.29, 1.82) is 5.26 Å². The molecule has 0 fully saturated rings. The largest absolute Gasteiger partial charge is 0.326 e. The zero-order valence-corrected chi connectivity index (χ0v) is 14.8. The standard InChI is InChI=1S/C20H17FN6/c1-2-9-27-17-7-6-14(12-22)11-16(17)25-19(27)13-26-10-8-23-20(26)15-4-3-5-18(21)24-15/h3-8,10-11H,2,9,13H2,1H3/i19+2. The monoisotopic (exact) mass is 362 g/mol. The van der Waals surface area contributed by atoms with E-state index in [-0.39, 0.29) is 0 Å². The van der Waals surface area contributed by atoms with Crippen molar-refractivity contribution in [2.24, 2.45) is 0 Å². The highest BCUT2D eigenvalue weighted by Crippen LogP contribution is 2.21. The molecule has 134 valence electrons. The summed E-state index contributed by atoms with van der Waals surface area (Å²) in [4.78, 5) is 13.0. The van der Waals surface area contributed by atoms with E-state index in [0.717, 1.165) is 29.8 Å². The number of hydrogen-bond donors (Lipinski definition) is 0. The molecule has 0 atom stereocenters. The third-order valence-electron chi connectivity index (χ3n) is 4.38. The fourth-order valence-corrected chi connectivity index (χ4v) is 3.20. The van der Waals surface area contributed by atoms with Crippen LogP contribution in [0.5, 0.6) is 0 Å². The van der Waals surface area contributed by atoms with Gasteiger partial charge in [-0.2, -0.15) is 9.65 Å². The second-order valence-electron chi connectivity index (χ2n) is 6.22. The average molecular weight is 362 g/mol. The zero-order valence-electron chi connectivity index (χ0n) is 14.8. The van der Waals surface area contributed by atoms with Gasteiger partial charge >= 0.3 is 0 Å². The molecule has 6 nitrogen and oxygen atoms in total. The maximum atomic E-state index is 13.5. The highest BCUT2D eigenvalue weighted by molar-refractivity contribution is 5.77. The van der Waals surface area contributed by atoms with Crippen LogP contribution in [0.1, 0.15) is 24.7 Å². The maximum absolute atomic E-state index is 13.5. The Morgan fingerprint density at radius 3 is 2.93 bits per heavy atom. The van der Waals surface area contributed by atoms with Crippen molar-refractivity contribution in [2.45, 2.75) is 26.4 Å². The molecule has 0 spiro atoms. The third kappa shape index (κ3) is 3.17. The Balaban J connectivity index is 1.77. The molecule has 3 aromatic heterocycles. The normalized spacial score (nSPS) is 11.0. The van der Waals surface area contributed by atoms with Crippen LogP contribution in [-0.4, -0.2) is 24.1 Å². The van der Waals surface area contributed by atoms with Crippen LogP contribution in [0, 0.1) is 17.3 Å². The summed E-state index contributed by atoms with van der Waals surface area (Å²) in [5, 5.41) is 9.13. The van der Waals surface area contributed by atoms with E-state index in [9.17, 15) is 4.39 Å². The highest BCUT2D eigenvalue weighted by Gasteiger charge is 2.14. The summed E-state index contributed by atoms with van der Waals surface area (Å²) >= 11 is 0. The number of nitriles is 1. The van der Waals surface area contributed by atoms with E-state index < -0.39 is 5.95 Å². The van der Waals surface area contributed by atoms with Gasteiger partial charge < -0.3 is 9.13 Å². The number of hydrogen-bond acceptors (Lipinski definition) is 4. The smallest absolute Gasteiger partial charge is 0.213 e. The molecule has 7 heteroatoms. The van der Waals surface area contributed by atoms with Gasteiger partial charge in [0, 0.05) is 18.9 Å². The Hall–Kier alpha value is -3.53. The molecule has 27 heavy (non-hydrogen) atoms. The third-order valence-corrected chi connectivity index (χ3v) is 4.38. The van der Waals surface area contributed by atoms with Crippen molar-refractivity contribution in [2.75, 3.05) is 0 Å². The molecular formula is C20H17FN6. The van der Waals surface area contributed by atoms with Crippen LogP contribution in [0.25, 0.3) is 22.6 Å². The van der Waals surface area contributed by atoms with Crippen LogP contribution in [0.4, 0.5) is 4.39 Å².